The normalized spacial score (nSPS) is 26.6. The molecule has 9 heteroatoms. The van der Waals surface area contributed by atoms with Gasteiger partial charge in [-0.3, -0.25) is 14.3 Å². The molecule has 1 aliphatic carbocycles. The lowest BCUT2D eigenvalue weighted by Gasteiger charge is -2.42. The molecule has 2 unspecified atom stereocenters. The smallest absolute Gasteiger partial charge is 0.251 e. The highest BCUT2D eigenvalue weighted by atomic mass is 35.5. The summed E-state index contributed by atoms with van der Waals surface area (Å²) in [6.07, 6.45) is 3.34. The van der Waals surface area contributed by atoms with Crippen LogP contribution in [0.5, 0.6) is 0 Å². The van der Waals surface area contributed by atoms with E-state index in [4.69, 9.17) is 21.1 Å². The van der Waals surface area contributed by atoms with E-state index in [9.17, 15) is 9.59 Å². The van der Waals surface area contributed by atoms with Crippen LogP contribution in [-0.2, 0) is 21.3 Å². The van der Waals surface area contributed by atoms with Gasteiger partial charge in [0.25, 0.3) is 5.91 Å². The lowest BCUT2D eigenvalue weighted by molar-refractivity contribution is -0.120. The number of carbonyl (C=O) groups excluding carboxylic acids is 2. The SMILES string of the molecule is CCCOC1C[C@@H]([C@@H]2c3c(C)nn(C)c3NC(=O)[C@H]2NC(=O)c2ccc(Cl)cc2)CCC1OC. The Morgan fingerprint density at radius 1 is 1.26 bits per heavy atom. The van der Waals surface area contributed by atoms with Crippen LogP contribution in [-0.4, -0.2) is 53.6 Å². The van der Waals surface area contributed by atoms with E-state index in [-0.39, 0.29) is 35.9 Å². The summed E-state index contributed by atoms with van der Waals surface area (Å²) in [7, 11) is 3.55. The van der Waals surface area contributed by atoms with Crippen molar-refractivity contribution < 1.29 is 19.1 Å². The molecule has 2 aromatic rings. The summed E-state index contributed by atoms with van der Waals surface area (Å²) in [5, 5.41) is 11.1. The van der Waals surface area contributed by atoms with Gasteiger partial charge in [-0.15, -0.1) is 0 Å². The first kappa shape index (κ1) is 24.7. The van der Waals surface area contributed by atoms with Gasteiger partial charge in [0.05, 0.1) is 17.9 Å². The Balaban J connectivity index is 1.67. The van der Waals surface area contributed by atoms with Crippen molar-refractivity contribution in [1.29, 1.82) is 0 Å². The fraction of sp³-hybridized carbons (Fsp3) is 0.560. The number of hydrogen-bond donors (Lipinski definition) is 2. The fourth-order valence-electron chi connectivity index (χ4n) is 5.41. The number of fused-ring (bicyclic) bond motifs is 1. The molecule has 0 radical (unpaired) electrons. The third kappa shape index (κ3) is 4.85. The molecule has 0 spiro atoms. The summed E-state index contributed by atoms with van der Waals surface area (Å²) >= 11 is 5.98. The maximum Gasteiger partial charge on any atom is 0.251 e. The molecule has 1 aromatic carbocycles. The molecule has 5 atom stereocenters. The number of nitrogens with zero attached hydrogens (tertiary/aromatic N) is 2. The first-order valence-electron chi connectivity index (χ1n) is 11.9. The minimum Gasteiger partial charge on any atom is -0.379 e. The Kier molecular flexibility index (Phi) is 7.60. The zero-order chi connectivity index (χ0) is 24.4. The molecule has 1 aromatic heterocycles. The highest BCUT2D eigenvalue weighted by Crippen LogP contribution is 2.45. The molecule has 1 fully saturated rings. The summed E-state index contributed by atoms with van der Waals surface area (Å²) in [5.74, 6) is 0.0546. The number of ether oxygens (including phenoxy) is 2. The Labute approximate surface area is 205 Å². The Morgan fingerprint density at radius 2 is 2.00 bits per heavy atom. The van der Waals surface area contributed by atoms with Gasteiger partial charge in [0.15, 0.2) is 0 Å². The predicted octanol–water partition coefficient (Wildman–Crippen LogP) is 3.83. The molecule has 2 amide bonds. The van der Waals surface area contributed by atoms with E-state index >= 15 is 0 Å². The number of hydrogen-bond acceptors (Lipinski definition) is 5. The van der Waals surface area contributed by atoms with E-state index in [1.807, 2.05) is 14.0 Å². The van der Waals surface area contributed by atoms with Gasteiger partial charge < -0.3 is 20.1 Å². The second-order valence-electron chi connectivity index (χ2n) is 9.20. The molecular formula is C25H33ClN4O4. The van der Waals surface area contributed by atoms with Crippen molar-refractivity contribution in [2.75, 3.05) is 19.0 Å². The van der Waals surface area contributed by atoms with E-state index < -0.39 is 6.04 Å². The second kappa shape index (κ2) is 10.5. The highest BCUT2D eigenvalue weighted by Gasteiger charge is 2.46. The van der Waals surface area contributed by atoms with Crippen molar-refractivity contribution >= 4 is 29.2 Å². The topological polar surface area (TPSA) is 94.5 Å². The van der Waals surface area contributed by atoms with Gasteiger partial charge in [-0.05, 0) is 62.8 Å². The number of anilines is 1. The van der Waals surface area contributed by atoms with Crippen LogP contribution in [0.1, 0.15) is 60.1 Å². The van der Waals surface area contributed by atoms with E-state index in [0.29, 0.717) is 23.0 Å². The van der Waals surface area contributed by atoms with Crippen molar-refractivity contribution in [2.45, 2.75) is 63.7 Å². The van der Waals surface area contributed by atoms with Crippen molar-refractivity contribution in [3.8, 4) is 0 Å². The molecule has 0 bridgehead atoms. The molecular weight excluding hydrogens is 456 g/mol. The number of aryl methyl sites for hydroxylation is 2. The van der Waals surface area contributed by atoms with Crippen LogP contribution in [0.3, 0.4) is 0 Å². The first-order valence-corrected chi connectivity index (χ1v) is 12.3. The zero-order valence-electron chi connectivity index (χ0n) is 20.1. The van der Waals surface area contributed by atoms with Crippen LogP contribution in [0.15, 0.2) is 24.3 Å². The van der Waals surface area contributed by atoms with Gasteiger partial charge >= 0.3 is 0 Å². The number of carbonyl (C=O) groups is 2. The van der Waals surface area contributed by atoms with Gasteiger partial charge in [-0.1, -0.05) is 18.5 Å². The molecule has 0 saturated heterocycles. The van der Waals surface area contributed by atoms with Gasteiger partial charge in [-0.2, -0.15) is 5.10 Å². The molecule has 184 valence electrons. The Bertz CT molecular complexity index is 1040. The average molecular weight is 489 g/mol. The van der Waals surface area contributed by atoms with Crippen molar-refractivity contribution in [2.24, 2.45) is 13.0 Å². The number of methoxy groups -OCH3 is 1. The van der Waals surface area contributed by atoms with Gasteiger partial charge in [0, 0.05) is 42.8 Å². The summed E-state index contributed by atoms with van der Waals surface area (Å²) in [4.78, 5) is 26.4. The first-order chi connectivity index (χ1) is 16.3. The summed E-state index contributed by atoms with van der Waals surface area (Å²) in [6, 6.07) is 5.92. The molecule has 2 aliphatic rings. The van der Waals surface area contributed by atoms with Gasteiger partial charge in [-0.25, -0.2) is 0 Å². The number of halogens is 1. The third-order valence-corrected chi connectivity index (χ3v) is 7.25. The summed E-state index contributed by atoms with van der Waals surface area (Å²) in [6.45, 7) is 4.70. The Hall–Kier alpha value is -2.42. The molecule has 4 rings (SSSR count). The van der Waals surface area contributed by atoms with E-state index in [0.717, 1.165) is 36.9 Å². The minimum absolute atomic E-state index is 0.0248. The quantitative estimate of drug-likeness (QED) is 0.617. The lowest BCUT2D eigenvalue weighted by Crippen LogP contribution is -2.53. The van der Waals surface area contributed by atoms with Gasteiger partial charge in [0.2, 0.25) is 5.91 Å². The number of aromatic nitrogens is 2. The summed E-state index contributed by atoms with van der Waals surface area (Å²) < 4.78 is 13.6. The van der Waals surface area contributed by atoms with E-state index in [1.54, 1.807) is 36.1 Å². The minimum atomic E-state index is -0.727. The number of rotatable bonds is 7. The maximum absolute atomic E-state index is 13.3. The van der Waals surface area contributed by atoms with Crippen LogP contribution in [0.2, 0.25) is 5.02 Å². The van der Waals surface area contributed by atoms with Crippen molar-refractivity contribution in [1.82, 2.24) is 15.1 Å². The highest BCUT2D eigenvalue weighted by molar-refractivity contribution is 6.30. The molecule has 1 aliphatic heterocycles. The largest absolute Gasteiger partial charge is 0.379 e. The zero-order valence-corrected chi connectivity index (χ0v) is 20.9. The van der Waals surface area contributed by atoms with Crippen LogP contribution in [0, 0.1) is 12.8 Å². The number of amides is 2. The predicted molar refractivity (Wildman–Crippen MR) is 130 cm³/mol. The summed E-state index contributed by atoms with van der Waals surface area (Å²) in [5.41, 5.74) is 2.30. The second-order valence-corrected chi connectivity index (χ2v) is 9.64. The van der Waals surface area contributed by atoms with Crippen LogP contribution < -0.4 is 10.6 Å². The average Bonchev–Trinajstić information content (AvgIpc) is 3.10. The van der Waals surface area contributed by atoms with E-state index in [2.05, 4.69) is 22.7 Å². The Morgan fingerprint density at radius 3 is 2.68 bits per heavy atom. The molecule has 2 heterocycles. The molecule has 1 saturated carbocycles. The standard InChI is InChI=1S/C25H33ClN4O4/c1-5-12-34-19-13-16(8-11-18(19)33-4)21-20-14(2)29-30(3)23(20)28-25(32)22(21)27-24(31)15-6-9-17(26)10-7-15/h6-7,9-10,16,18-19,21-22H,5,8,11-13H2,1-4H3,(H,27,31)(H,28,32)/t16-,18?,19?,21+,22-/m0/s1. The van der Waals surface area contributed by atoms with Gasteiger partial charge in [0.1, 0.15) is 11.9 Å². The monoisotopic (exact) mass is 488 g/mol. The number of benzene rings is 1. The fourth-order valence-corrected chi connectivity index (χ4v) is 5.53. The van der Waals surface area contributed by atoms with E-state index in [1.165, 1.54) is 0 Å². The van der Waals surface area contributed by atoms with Crippen LogP contribution in [0.4, 0.5) is 5.82 Å². The van der Waals surface area contributed by atoms with Crippen molar-refractivity contribution in [3.63, 3.8) is 0 Å². The molecule has 34 heavy (non-hydrogen) atoms. The van der Waals surface area contributed by atoms with Crippen LogP contribution in [0.25, 0.3) is 0 Å². The van der Waals surface area contributed by atoms with Crippen LogP contribution >= 0.6 is 11.6 Å². The maximum atomic E-state index is 13.3. The molecule has 2 N–H and O–H groups in total. The lowest BCUT2D eigenvalue weighted by atomic mass is 9.70. The van der Waals surface area contributed by atoms with Crippen molar-refractivity contribution in [3.05, 3.63) is 46.1 Å². The third-order valence-electron chi connectivity index (χ3n) is 7.00. The molecule has 8 nitrogen and oxygen atoms in total. The number of nitrogens with one attached hydrogen (secondary N) is 2.